The lowest BCUT2D eigenvalue weighted by Crippen LogP contribution is -2.27. The normalized spacial score (nSPS) is 15.4. The van der Waals surface area contributed by atoms with Gasteiger partial charge in [-0.05, 0) is 19.4 Å². The van der Waals surface area contributed by atoms with Crippen molar-refractivity contribution in [3.8, 4) is 0 Å². The first-order valence-corrected chi connectivity index (χ1v) is 6.76. The van der Waals surface area contributed by atoms with E-state index in [9.17, 15) is 4.79 Å². The van der Waals surface area contributed by atoms with E-state index in [2.05, 4.69) is 31.9 Å². The number of amides is 1. The standard InChI is InChI=1S/C13H21N5O/c1-9(2)11-16-12(18-17-11)13(19)15-8-5-10-3-6-14-7-4-10/h3,9,14H,4-8H2,1-2H3,(H,15,19)(H,16,17,18). The van der Waals surface area contributed by atoms with Crippen LogP contribution in [0.2, 0.25) is 0 Å². The van der Waals surface area contributed by atoms with Crippen LogP contribution < -0.4 is 10.6 Å². The summed E-state index contributed by atoms with van der Waals surface area (Å²) in [5.74, 6) is 1.00. The van der Waals surface area contributed by atoms with E-state index in [0.29, 0.717) is 6.54 Å². The van der Waals surface area contributed by atoms with Gasteiger partial charge in [0.15, 0.2) is 0 Å². The van der Waals surface area contributed by atoms with Gasteiger partial charge in [-0.15, -0.1) is 5.10 Å². The van der Waals surface area contributed by atoms with Crippen molar-refractivity contribution in [2.75, 3.05) is 19.6 Å². The smallest absolute Gasteiger partial charge is 0.290 e. The molecule has 0 saturated heterocycles. The van der Waals surface area contributed by atoms with Crippen LogP contribution in [-0.4, -0.2) is 40.7 Å². The summed E-state index contributed by atoms with van der Waals surface area (Å²) in [5.41, 5.74) is 1.40. The van der Waals surface area contributed by atoms with Crippen LogP contribution in [-0.2, 0) is 0 Å². The van der Waals surface area contributed by atoms with E-state index in [0.717, 1.165) is 31.8 Å². The van der Waals surface area contributed by atoms with Crippen LogP contribution in [0.3, 0.4) is 0 Å². The van der Waals surface area contributed by atoms with Gasteiger partial charge in [-0.25, -0.2) is 4.98 Å². The molecule has 0 unspecified atom stereocenters. The monoisotopic (exact) mass is 263 g/mol. The SMILES string of the molecule is CC(C)c1nc(C(=O)NCCC2=CCNCC2)n[nH]1. The summed E-state index contributed by atoms with van der Waals surface area (Å²) in [6.07, 6.45) is 4.15. The predicted octanol–water partition coefficient (Wildman–Crippen LogP) is 0.968. The molecule has 0 bridgehead atoms. The van der Waals surface area contributed by atoms with Crippen LogP contribution in [0.4, 0.5) is 0 Å². The quantitative estimate of drug-likeness (QED) is 0.691. The van der Waals surface area contributed by atoms with Gasteiger partial charge in [-0.2, -0.15) is 0 Å². The fourth-order valence-electron chi connectivity index (χ4n) is 1.95. The molecule has 0 aromatic carbocycles. The van der Waals surface area contributed by atoms with Crippen molar-refractivity contribution in [3.05, 3.63) is 23.3 Å². The van der Waals surface area contributed by atoms with Crippen molar-refractivity contribution in [1.29, 1.82) is 0 Å². The first-order chi connectivity index (χ1) is 9.16. The molecule has 1 aromatic rings. The van der Waals surface area contributed by atoms with Gasteiger partial charge < -0.3 is 10.6 Å². The first-order valence-electron chi connectivity index (χ1n) is 6.76. The Morgan fingerprint density at radius 3 is 3.00 bits per heavy atom. The predicted molar refractivity (Wildman–Crippen MR) is 73.0 cm³/mol. The fraction of sp³-hybridized carbons (Fsp3) is 0.615. The second kappa shape index (κ2) is 6.47. The summed E-state index contributed by atoms with van der Waals surface area (Å²) in [6, 6.07) is 0. The van der Waals surface area contributed by atoms with Gasteiger partial charge in [0.2, 0.25) is 5.82 Å². The summed E-state index contributed by atoms with van der Waals surface area (Å²) in [5, 5.41) is 12.8. The molecule has 1 aromatic heterocycles. The minimum absolute atomic E-state index is 0.210. The van der Waals surface area contributed by atoms with Gasteiger partial charge >= 0.3 is 0 Å². The molecule has 2 rings (SSSR count). The Morgan fingerprint density at radius 2 is 2.37 bits per heavy atom. The molecule has 1 aliphatic heterocycles. The average Bonchev–Trinajstić information content (AvgIpc) is 2.89. The average molecular weight is 263 g/mol. The van der Waals surface area contributed by atoms with Gasteiger partial charge in [0.1, 0.15) is 5.82 Å². The highest BCUT2D eigenvalue weighted by Crippen LogP contribution is 2.09. The zero-order valence-corrected chi connectivity index (χ0v) is 11.5. The first kappa shape index (κ1) is 13.7. The number of aromatic amines is 1. The largest absolute Gasteiger partial charge is 0.349 e. The Labute approximate surface area is 113 Å². The summed E-state index contributed by atoms with van der Waals surface area (Å²) < 4.78 is 0. The Bertz CT molecular complexity index is 463. The molecule has 6 nitrogen and oxygen atoms in total. The summed E-state index contributed by atoms with van der Waals surface area (Å²) >= 11 is 0. The lowest BCUT2D eigenvalue weighted by atomic mass is 10.1. The molecule has 1 aliphatic rings. The molecule has 6 heteroatoms. The van der Waals surface area contributed by atoms with Crippen molar-refractivity contribution >= 4 is 5.91 Å². The van der Waals surface area contributed by atoms with Gasteiger partial charge in [0.05, 0.1) is 0 Å². The topological polar surface area (TPSA) is 82.7 Å². The highest BCUT2D eigenvalue weighted by Gasteiger charge is 2.13. The van der Waals surface area contributed by atoms with Crippen LogP contribution in [0.1, 0.15) is 49.1 Å². The number of nitrogens with one attached hydrogen (secondary N) is 3. The van der Waals surface area contributed by atoms with Crippen molar-refractivity contribution in [1.82, 2.24) is 25.8 Å². The third-order valence-corrected chi connectivity index (χ3v) is 3.14. The van der Waals surface area contributed by atoms with E-state index in [1.54, 1.807) is 0 Å². The Hall–Kier alpha value is -1.69. The number of carbonyl (C=O) groups is 1. The van der Waals surface area contributed by atoms with E-state index in [1.165, 1.54) is 5.57 Å². The molecule has 2 heterocycles. The second-order valence-corrected chi connectivity index (χ2v) is 5.02. The van der Waals surface area contributed by atoms with Crippen molar-refractivity contribution in [2.45, 2.75) is 32.6 Å². The number of H-pyrrole nitrogens is 1. The minimum atomic E-state index is -0.210. The van der Waals surface area contributed by atoms with Crippen molar-refractivity contribution in [3.63, 3.8) is 0 Å². The lowest BCUT2D eigenvalue weighted by molar-refractivity contribution is 0.0944. The molecular formula is C13H21N5O. The number of hydrogen-bond donors (Lipinski definition) is 3. The molecule has 3 N–H and O–H groups in total. The third-order valence-electron chi connectivity index (χ3n) is 3.14. The molecule has 0 atom stereocenters. The van der Waals surface area contributed by atoms with Crippen LogP contribution in [0, 0.1) is 0 Å². The van der Waals surface area contributed by atoms with Crippen molar-refractivity contribution in [2.24, 2.45) is 0 Å². The zero-order chi connectivity index (χ0) is 13.7. The third kappa shape index (κ3) is 3.89. The van der Waals surface area contributed by atoms with Crippen LogP contribution in [0.5, 0.6) is 0 Å². The molecule has 1 amide bonds. The maximum absolute atomic E-state index is 11.8. The molecular weight excluding hydrogens is 242 g/mol. The van der Waals surface area contributed by atoms with Gasteiger partial charge in [0.25, 0.3) is 5.91 Å². The summed E-state index contributed by atoms with van der Waals surface area (Å²) in [4.78, 5) is 16.0. The van der Waals surface area contributed by atoms with E-state index in [1.807, 2.05) is 13.8 Å². The number of carbonyl (C=O) groups excluding carboxylic acids is 1. The van der Waals surface area contributed by atoms with E-state index in [-0.39, 0.29) is 17.6 Å². The summed E-state index contributed by atoms with van der Waals surface area (Å²) in [6.45, 7) is 6.61. The summed E-state index contributed by atoms with van der Waals surface area (Å²) in [7, 11) is 0. The van der Waals surface area contributed by atoms with Gasteiger partial charge in [-0.3, -0.25) is 9.89 Å². The molecule has 0 aliphatic carbocycles. The molecule has 104 valence electrons. The van der Waals surface area contributed by atoms with Crippen LogP contribution in [0.15, 0.2) is 11.6 Å². The molecule has 0 fully saturated rings. The number of rotatable bonds is 5. The van der Waals surface area contributed by atoms with Gasteiger partial charge in [0, 0.05) is 19.0 Å². The maximum Gasteiger partial charge on any atom is 0.290 e. The molecule has 0 saturated carbocycles. The van der Waals surface area contributed by atoms with Crippen LogP contribution in [0.25, 0.3) is 0 Å². The number of hydrogen-bond acceptors (Lipinski definition) is 4. The number of nitrogens with zero attached hydrogens (tertiary/aromatic N) is 2. The Morgan fingerprint density at radius 1 is 1.53 bits per heavy atom. The zero-order valence-electron chi connectivity index (χ0n) is 11.5. The van der Waals surface area contributed by atoms with Crippen LogP contribution >= 0.6 is 0 Å². The van der Waals surface area contributed by atoms with Gasteiger partial charge in [-0.1, -0.05) is 25.5 Å². The molecule has 0 spiro atoms. The van der Waals surface area contributed by atoms with E-state index in [4.69, 9.17) is 0 Å². The Balaban J connectivity index is 1.78. The second-order valence-electron chi connectivity index (χ2n) is 5.02. The fourth-order valence-corrected chi connectivity index (χ4v) is 1.95. The number of aromatic nitrogens is 3. The minimum Gasteiger partial charge on any atom is -0.349 e. The highest BCUT2D eigenvalue weighted by atomic mass is 16.2. The van der Waals surface area contributed by atoms with E-state index >= 15 is 0 Å². The molecule has 0 radical (unpaired) electrons. The lowest BCUT2D eigenvalue weighted by Gasteiger charge is -2.13. The Kier molecular flexibility index (Phi) is 4.68. The van der Waals surface area contributed by atoms with E-state index < -0.39 is 0 Å². The highest BCUT2D eigenvalue weighted by molar-refractivity contribution is 5.90. The molecule has 19 heavy (non-hydrogen) atoms. The van der Waals surface area contributed by atoms with Crippen molar-refractivity contribution < 1.29 is 4.79 Å². The maximum atomic E-state index is 11.8.